The van der Waals surface area contributed by atoms with Gasteiger partial charge in [0.05, 0.1) is 18.3 Å². The molecule has 0 bridgehead atoms. The van der Waals surface area contributed by atoms with Crippen LogP contribution in [0.2, 0.25) is 0 Å². The van der Waals surface area contributed by atoms with Crippen molar-refractivity contribution in [3.05, 3.63) is 48.3 Å². The van der Waals surface area contributed by atoms with Crippen molar-refractivity contribution >= 4 is 28.0 Å². The molecule has 170 valence electrons. The molecule has 2 saturated heterocycles. The molecule has 0 spiro atoms. The van der Waals surface area contributed by atoms with Crippen LogP contribution in [0.25, 0.3) is 22.2 Å². The highest BCUT2D eigenvalue weighted by atomic mass is 19.3. The Bertz CT molecular complexity index is 1300. The van der Waals surface area contributed by atoms with Gasteiger partial charge in [0.25, 0.3) is 5.92 Å². The van der Waals surface area contributed by atoms with Crippen molar-refractivity contribution < 1.29 is 8.78 Å². The molecule has 0 radical (unpaired) electrons. The summed E-state index contributed by atoms with van der Waals surface area (Å²) in [6.07, 6.45) is 4.35. The molecule has 6 rings (SSSR count). The van der Waals surface area contributed by atoms with Crippen LogP contribution in [0.1, 0.15) is 24.8 Å². The first-order chi connectivity index (χ1) is 16.0. The zero-order valence-electron chi connectivity index (χ0n) is 18.1. The molecule has 2 fully saturated rings. The van der Waals surface area contributed by atoms with Crippen LogP contribution in [0, 0.1) is 0 Å². The average molecular weight is 450 g/mol. The van der Waals surface area contributed by atoms with Gasteiger partial charge < -0.3 is 4.90 Å². The smallest absolute Gasteiger partial charge is 0.250 e. The van der Waals surface area contributed by atoms with Crippen LogP contribution in [0.3, 0.4) is 0 Å². The Balaban J connectivity index is 1.20. The number of piperidine rings is 1. The van der Waals surface area contributed by atoms with Crippen LogP contribution in [-0.4, -0.2) is 73.0 Å². The zero-order valence-corrected chi connectivity index (χ0v) is 18.1. The van der Waals surface area contributed by atoms with Gasteiger partial charge in [0.1, 0.15) is 5.82 Å². The van der Waals surface area contributed by atoms with E-state index in [1.54, 1.807) is 17.1 Å². The Morgan fingerprint density at radius 2 is 1.94 bits per heavy atom. The molecular formula is C23H24F2N8. The van der Waals surface area contributed by atoms with E-state index >= 15 is 0 Å². The highest BCUT2D eigenvalue weighted by Crippen LogP contribution is 2.31. The number of hydrogen-bond donors (Lipinski definition) is 0. The van der Waals surface area contributed by atoms with Crippen molar-refractivity contribution in [2.24, 2.45) is 0 Å². The Kier molecular flexibility index (Phi) is 4.90. The van der Waals surface area contributed by atoms with E-state index in [1.807, 2.05) is 24.3 Å². The van der Waals surface area contributed by atoms with Gasteiger partial charge in [-0.15, -0.1) is 5.10 Å². The van der Waals surface area contributed by atoms with Crippen LogP contribution in [0.4, 0.5) is 14.6 Å². The Hall–Kier alpha value is -3.27. The van der Waals surface area contributed by atoms with Crippen LogP contribution in [0.5, 0.6) is 0 Å². The quantitative estimate of drug-likeness (QED) is 0.473. The van der Waals surface area contributed by atoms with Gasteiger partial charge in [-0.05, 0) is 30.2 Å². The molecule has 2 aliphatic rings. The maximum Gasteiger partial charge on any atom is 0.250 e. The molecule has 8 nitrogen and oxygen atoms in total. The minimum Gasteiger partial charge on any atom is -0.354 e. The number of alkyl halides is 2. The third-order valence-corrected chi connectivity index (χ3v) is 6.75. The van der Waals surface area contributed by atoms with Crippen LogP contribution < -0.4 is 4.90 Å². The summed E-state index contributed by atoms with van der Waals surface area (Å²) in [6.45, 7) is 3.04. The third-order valence-electron chi connectivity index (χ3n) is 6.75. The van der Waals surface area contributed by atoms with Gasteiger partial charge in [-0.25, -0.2) is 23.4 Å². The molecule has 1 aromatic carbocycles. The van der Waals surface area contributed by atoms with Crippen LogP contribution in [0.15, 0.2) is 42.7 Å². The molecule has 2 aliphatic heterocycles. The summed E-state index contributed by atoms with van der Waals surface area (Å²) in [5, 5.41) is 9.52. The number of hydrogen-bond acceptors (Lipinski definition) is 7. The topological polar surface area (TPSA) is 75.9 Å². The first-order valence-corrected chi connectivity index (χ1v) is 11.3. The van der Waals surface area contributed by atoms with Crippen LogP contribution in [-0.2, 0) is 6.54 Å². The minimum atomic E-state index is -2.52. The molecule has 0 amide bonds. The van der Waals surface area contributed by atoms with Crippen molar-refractivity contribution in [3.8, 4) is 0 Å². The van der Waals surface area contributed by atoms with Gasteiger partial charge in [0, 0.05) is 56.6 Å². The fourth-order valence-electron chi connectivity index (χ4n) is 4.87. The largest absolute Gasteiger partial charge is 0.354 e. The first-order valence-electron chi connectivity index (χ1n) is 11.3. The van der Waals surface area contributed by atoms with E-state index in [4.69, 9.17) is 4.98 Å². The molecule has 0 aliphatic carbocycles. The van der Waals surface area contributed by atoms with E-state index in [-0.39, 0.29) is 18.9 Å². The first kappa shape index (κ1) is 20.3. The predicted molar refractivity (Wildman–Crippen MR) is 120 cm³/mol. The van der Waals surface area contributed by atoms with Crippen molar-refractivity contribution in [2.45, 2.75) is 37.8 Å². The number of aromatic nitrogens is 6. The fourth-order valence-corrected chi connectivity index (χ4v) is 4.87. The third kappa shape index (κ3) is 3.99. The monoisotopic (exact) mass is 450 g/mol. The summed E-state index contributed by atoms with van der Waals surface area (Å²) in [4.78, 5) is 18.1. The molecule has 10 heteroatoms. The maximum atomic E-state index is 13.5. The highest BCUT2D eigenvalue weighted by Gasteiger charge is 2.38. The number of likely N-dealkylation sites (tertiary alicyclic amines) is 1. The summed E-state index contributed by atoms with van der Waals surface area (Å²) < 4.78 is 28.8. The van der Waals surface area contributed by atoms with Gasteiger partial charge in [0.2, 0.25) is 5.65 Å². The highest BCUT2D eigenvalue weighted by molar-refractivity contribution is 5.79. The van der Waals surface area contributed by atoms with E-state index in [9.17, 15) is 8.78 Å². The van der Waals surface area contributed by atoms with Gasteiger partial charge >= 0.3 is 0 Å². The average Bonchev–Trinajstić information content (AvgIpc) is 3.47. The van der Waals surface area contributed by atoms with Gasteiger partial charge in [0.15, 0.2) is 5.65 Å². The standard InChI is InChI=1S/C23H24F2N8/c24-23(25)6-10-31(11-7-23)18-5-9-32(15-18)20-13-27-21-22(28-20)33(30-29-21)14-16-3-4-19-17(12-16)2-1-8-26-19/h1-4,8,12-13,18H,5-7,9-11,14-15H2. The number of rotatable bonds is 4. The molecule has 0 saturated carbocycles. The lowest BCUT2D eigenvalue weighted by molar-refractivity contribution is -0.0614. The molecule has 0 N–H and O–H groups in total. The van der Waals surface area contributed by atoms with Crippen molar-refractivity contribution in [3.63, 3.8) is 0 Å². The Morgan fingerprint density at radius 1 is 1.06 bits per heavy atom. The summed E-state index contributed by atoms with van der Waals surface area (Å²) in [5.41, 5.74) is 3.18. The SMILES string of the molecule is FC1(F)CCN(C2CCN(c3cnc4nnn(Cc5ccc6ncccc6c5)c4n3)C2)CC1. The number of halogens is 2. The molecule has 33 heavy (non-hydrogen) atoms. The Labute approximate surface area is 189 Å². The van der Waals surface area contributed by atoms with E-state index in [0.29, 0.717) is 30.9 Å². The zero-order chi connectivity index (χ0) is 22.4. The van der Waals surface area contributed by atoms with E-state index in [2.05, 4.69) is 36.1 Å². The van der Waals surface area contributed by atoms with Gasteiger partial charge in [-0.2, -0.15) is 0 Å². The second-order valence-electron chi connectivity index (χ2n) is 8.93. The van der Waals surface area contributed by atoms with Gasteiger partial charge in [-0.3, -0.25) is 9.88 Å². The van der Waals surface area contributed by atoms with Crippen molar-refractivity contribution in [1.29, 1.82) is 0 Å². The molecule has 3 aromatic heterocycles. The van der Waals surface area contributed by atoms with Crippen molar-refractivity contribution in [1.82, 2.24) is 34.8 Å². The lowest BCUT2D eigenvalue weighted by Crippen LogP contribution is -2.46. The second-order valence-corrected chi connectivity index (χ2v) is 8.93. The van der Waals surface area contributed by atoms with Gasteiger partial charge in [-0.1, -0.05) is 17.3 Å². The number of nitrogens with zero attached hydrogens (tertiary/aromatic N) is 8. The van der Waals surface area contributed by atoms with E-state index in [0.717, 1.165) is 41.8 Å². The lowest BCUT2D eigenvalue weighted by atomic mass is 10.0. The number of anilines is 1. The van der Waals surface area contributed by atoms with Crippen LogP contribution >= 0.6 is 0 Å². The fraction of sp³-hybridized carbons (Fsp3) is 0.435. The number of fused-ring (bicyclic) bond motifs is 2. The molecule has 4 aromatic rings. The second kappa shape index (κ2) is 7.95. The maximum absolute atomic E-state index is 13.5. The molecule has 1 unspecified atom stereocenters. The summed E-state index contributed by atoms with van der Waals surface area (Å²) in [7, 11) is 0. The molecular weight excluding hydrogens is 426 g/mol. The molecule has 5 heterocycles. The predicted octanol–water partition coefficient (Wildman–Crippen LogP) is 3.13. The van der Waals surface area contributed by atoms with Crippen molar-refractivity contribution in [2.75, 3.05) is 31.1 Å². The summed E-state index contributed by atoms with van der Waals surface area (Å²) in [6, 6.07) is 10.4. The van der Waals surface area contributed by atoms with E-state index < -0.39 is 5.92 Å². The van der Waals surface area contributed by atoms with E-state index in [1.165, 1.54) is 0 Å². The summed E-state index contributed by atoms with van der Waals surface area (Å²) in [5.74, 6) is -1.74. The lowest BCUT2D eigenvalue weighted by Gasteiger charge is -2.35. The normalized spacial score (nSPS) is 21.3. The molecule has 1 atom stereocenters. The number of pyridine rings is 1. The number of benzene rings is 1. The Morgan fingerprint density at radius 3 is 2.82 bits per heavy atom. The summed E-state index contributed by atoms with van der Waals surface area (Å²) >= 11 is 0. The minimum absolute atomic E-state index is 0.0506.